The van der Waals surface area contributed by atoms with Crippen LogP contribution in [0.5, 0.6) is 0 Å². The molecule has 0 aromatic carbocycles. The maximum atomic E-state index is 11.5. The average molecular weight is 223 g/mol. The molecule has 1 aromatic rings. The van der Waals surface area contributed by atoms with Crippen LogP contribution < -0.4 is 5.32 Å². The number of hydrogen-bond donors (Lipinski definition) is 1. The number of carbonyl (C=O) groups excluding carboxylic acids is 1. The summed E-state index contributed by atoms with van der Waals surface area (Å²) in [5.41, 5.74) is 0.809. The summed E-state index contributed by atoms with van der Waals surface area (Å²) in [7, 11) is 0. The van der Waals surface area contributed by atoms with E-state index in [-0.39, 0.29) is 5.91 Å². The molecule has 15 heavy (non-hydrogen) atoms. The first kappa shape index (κ1) is 12.0. The molecular formula is C12H17NOS. The van der Waals surface area contributed by atoms with Crippen molar-refractivity contribution in [2.45, 2.75) is 26.7 Å². The van der Waals surface area contributed by atoms with Gasteiger partial charge in [0.2, 0.25) is 5.91 Å². The van der Waals surface area contributed by atoms with Crippen molar-refractivity contribution in [3.8, 4) is 0 Å². The predicted octanol–water partition coefficient (Wildman–Crippen LogP) is 2.76. The second kappa shape index (κ2) is 6.40. The Morgan fingerprint density at radius 2 is 2.40 bits per heavy atom. The Labute approximate surface area is 95.0 Å². The van der Waals surface area contributed by atoms with Crippen LogP contribution in [-0.4, -0.2) is 12.5 Å². The van der Waals surface area contributed by atoms with Gasteiger partial charge < -0.3 is 5.32 Å². The summed E-state index contributed by atoms with van der Waals surface area (Å²) in [6, 6.07) is 4.12. The van der Waals surface area contributed by atoms with Crippen LogP contribution in [-0.2, 0) is 11.2 Å². The van der Waals surface area contributed by atoms with Gasteiger partial charge in [-0.25, -0.2) is 0 Å². The van der Waals surface area contributed by atoms with E-state index in [0.29, 0.717) is 6.54 Å². The van der Waals surface area contributed by atoms with E-state index in [1.807, 2.05) is 26.0 Å². The zero-order valence-electron chi connectivity index (χ0n) is 9.25. The highest BCUT2D eigenvalue weighted by Crippen LogP contribution is 2.08. The van der Waals surface area contributed by atoms with Gasteiger partial charge in [-0.1, -0.05) is 19.1 Å². The molecule has 0 saturated carbocycles. The summed E-state index contributed by atoms with van der Waals surface area (Å²) in [4.78, 5) is 12.8. The monoisotopic (exact) mass is 223 g/mol. The van der Waals surface area contributed by atoms with Crippen LogP contribution in [0.1, 0.15) is 25.1 Å². The van der Waals surface area contributed by atoms with Gasteiger partial charge >= 0.3 is 0 Å². The van der Waals surface area contributed by atoms with Gasteiger partial charge in [0.05, 0.1) is 0 Å². The molecule has 0 aliphatic heterocycles. The summed E-state index contributed by atoms with van der Waals surface area (Å²) in [5, 5.41) is 4.96. The van der Waals surface area contributed by atoms with Gasteiger partial charge in [-0.05, 0) is 31.2 Å². The van der Waals surface area contributed by atoms with Gasteiger partial charge in [0.15, 0.2) is 0 Å². The van der Waals surface area contributed by atoms with Gasteiger partial charge in [-0.2, -0.15) is 0 Å². The van der Waals surface area contributed by atoms with Gasteiger partial charge in [0.25, 0.3) is 0 Å². The summed E-state index contributed by atoms with van der Waals surface area (Å²) in [5.74, 6) is 0.0495. The maximum Gasteiger partial charge on any atom is 0.246 e. The number of hydrogen-bond acceptors (Lipinski definition) is 2. The normalized spacial score (nSPS) is 11.5. The highest BCUT2D eigenvalue weighted by atomic mass is 32.1. The van der Waals surface area contributed by atoms with Crippen LogP contribution in [0.25, 0.3) is 0 Å². The lowest BCUT2D eigenvalue weighted by atomic mass is 10.2. The van der Waals surface area contributed by atoms with E-state index < -0.39 is 0 Å². The molecule has 3 heteroatoms. The smallest absolute Gasteiger partial charge is 0.246 e. The molecule has 1 rings (SSSR count). The molecule has 0 bridgehead atoms. The Bertz CT molecular complexity index is 327. The maximum absolute atomic E-state index is 11.5. The number of carbonyl (C=O) groups is 1. The van der Waals surface area contributed by atoms with Gasteiger partial charge in [0.1, 0.15) is 0 Å². The van der Waals surface area contributed by atoms with Crippen LogP contribution >= 0.6 is 11.3 Å². The zero-order chi connectivity index (χ0) is 11.1. The molecule has 0 saturated heterocycles. The first-order chi connectivity index (χ1) is 7.24. The third-order valence-electron chi connectivity index (χ3n) is 2.11. The highest BCUT2D eigenvalue weighted by molar-refractivity contribution is 7.09. The molecule has 0 spiro atoms. The quantitative estimate of drug-likeness (QED) is 0.764. The van der Waals surface area contributed by atoms with Gasteiger partial charge in [0, 0.05) is 17.0 Å². The SMILES string of the molecule is CC/C=C(/C)C(=O)NCCc1cccs1. The first-order valence-electron chi connectivity index (χ1n) is 5.21. The third-order valence-corrected chi connectivity index (χ3v) is 3.04. The van der Waals surface area contributed by atoms with Crippen molar-refractivity contribution in [1.82, 2.24) is 5.32 Å². The highest BCUT2D eigenvalue weighted by Gasteiger charge is 2.02. The minimum absolute atomic E-state index is 0.0495. The minimum Gasteiger partial charge on any atom is -0.352 e. The molecule has 82 valence electrons. The molecule has 1 amide bonds. The number of nitrogens with one attached hydrogen (secondary N) is 1. The molecule has 0 radical (unpaired) electrons. The van der Waals surface area contributed by atoms with E-state index in [1.54, 1.807) is 11.3 Å². The lowest BCUT2D eigenvalue weighted by molar-refractivity contribution is -0.117. The van der Waals surface area contributed by atoms with Gasteiger partial charge in [-0.15, -0.1) is 11.3 Å². The predicted molar refractivity (Wildman–Crippen MR) is 65.1 cm³/mol. The van der Waals surface area contributed by atoms with Crippen molar-refractivity contribution in [1.29, 1.82) is 0 Å². The van der Waals surface area contributed by atoms with Crippen LogP contribution in [0, 0.1) is 0 Å². The molecule has 1 heterocycles. The molecule has 2 nitrogen and oxygen atoms in total. The molecule has 0 aliphatic carbocycles. The molecule has 0 atom stereocenters. The summed E-state index contributed by atoms with van der Waals surface area (Å²) in [6.45, 7) is 4.60. The van der Waals surface area contributed by atoms with E-state index >= 15 is 0 Å². The molecule has 0 fully saturated rings. The lowest BCUT2D eigenvalue weighted by Gasteiger charge is -2.03. The van der Waals surface area contributed by atoms with Crippen molar-refractivity contribution in [3.63, 3.8) is 0 Å². The number of amides is 1. The van der Waals surface area contributed by atoms with Crippen LogP contribution in [0.3, 0.4) is 0 Å². The molecule has 0 unspecified atom stereocenters. The first-order valence-corrected chi connectivity index (χ1v) is 6.09. The second-order valence-corrected chi connectivity index (χ2v) is 4.41. The second-order valence-electron chi connectivity index (χ2n) is 3.38. The van der Waals surface area contributed by atoms with E-state index in [2.05, 4.69) is 16.8 Å². The average Bonchev–Trinajstić information content (AvgIpc) is 2.71. The van der Waals surface area contributed by atoms with Crippen molar-refractivity contribution in [3.05, 3.63) is 34.0 Å². The standard InChI is InChI=1S/C12H17NOS/c1-3-5-10(2)12(14)13-8-7-11-6-4-9-15-11/h4-6,9H,3,7-8H2,1-2H3,(H,13,14)/b10-5-. The van der Waals surface area contributed by atoms with E-state index in [0.717, 1.165) is 18.4 Å². The lowest BCUT2D eigenvalue weighted by Crippen LogP contribution is -2.26. The molecule has 1 N–H and O–H groups in total. The zero-order valence-corrected chi connectivity index (χ0v) is 10.1. The van der Waals surface area contributed by atoms with Crippen molar-refractivity contribution < 1.29 is 4.79 Å². The fourth-order valence-corrected chi connectivity index (χ4v) is 2.00. The Kier molecular flexibility index (Phi) is 5.12. The Morgan fingerprint density at radius 1 is 1.60 bits per heavy atom. The van der Waals surface area contributed by atoms with Crippen LogP contribution in [0.2, 0.25) is 0 Å². The Balaban J connectivity index is 2.26. The fourth-order valence-electron chi connectivity index (χ4n) is 1.29. The Morgan fingerprint density at radius 3 is 3.00 bits per heavy atom. The largest absolute Gasteiger partial charge is 0.352 e. The summed E-state index contributed by atoms with van der Waals surface area (Å²) in [6.07, 6.45) is 3.77. The number of thiophene rings is 1. The van der Waals surface area contributed by atoms with E-state index in [1.165, 1.54) is 4.88 Å². The number of rotatable bonds is 5. The molecular weight excluding hydrogens is 206 g/mol. The third kappa shape index (κ3) is 4.30. The van der Waals surface area contributed by atoms with Crippen LogP contribution in [0.15, 0.2) is 29.2 Å². The number of allylic oxidation sites excluding steroid dienone is 1. The summed E-state index contributed by atoms with van der Waals surface area (Å²) < 4.78 is 0. The van der Waals surface area contributed by atoms with Crippen molar-refractivity contribution >= 4 is 17.2 Å². The summed E-state index contributed by atoms with van der Waals surface area (Å²) >= 11 is 1.73. The van der Waals surface area contributed by atoms with Crippen molar-refractivity contribution in [2.75, 3.05) is 6.54 Å². The Hall–Kier alpha value is -1.09. The van der Waals surface area contributed by atoms with E-state index in [4.69, 9.17) is 0 Å². The molecule has 0 aliphatic rings. The topological polar surface area (TPSA) is 29.1 Å². The minimum atomic E-state index is 0.0495. The molecule has 1 aromatic heterocycles. The van der Waals surface area contributed by atoms with Crippen molar-refractivity contribution in [2.24, 2.45) is 0 Å². The fraction of sp³-hybridized carbons (Fsp3) is 0.417. The van der Waals surface area contributed by atoms with E-state index in [9.17, 15) is 4.79 Å². The van der Waals surface area contributed by atoms with Gasteiger partial charge in [-0.3, -0.25) is 4.79 Å². The van der Waals surface area contributed by atoms with Crippen LogP contribution in [0.4, 0.5) is 0 Å².